The second-order valence-electron chi connectivity index (χ2n) is 5.67. The normalized spacial score (nSPS) is 18.4. The van der Waals surface area contributed by atoms with Gasteiger partial charge in [-0.25, -0.2) is 5.06 Å². The van der Waals surface area contributed by atoms with Crippen molar-refractivity contribution in [3.63, 3.8) is 0 Å². The highest BCUT2D eigenvalue weighted by molar-refractivity contribution is 6.00. The summed E-state index contributed by atoms with van der Waals surface area (Å²) < 4.78 is 0. The number of anilines is 1. The first-order chi connectivity index (χ1) is 9.93. The second kappa shape index (κ2) is 6.26. The predicted octanol–water partition coefficient (Wildman–Crippen LogP) is 2.18. The molecule has 1 aromatic carbocycles. The van der Waals surface area contributed by atoms with Crippen LogP contribution < -0.4 is 4.90 Å². The fourth-order valence-electron chi connectivity index (χ4n) is 2.52. The average molecular weight is 290 g/mol. The summed E-state index contributed by atoms with van der Waals surface area (Å²) in [6, 6.07) is 7.94. The third kappa shape index (κ3) is 3.24. The molecule has 1 aliphatic heterocycles. The molecule has 2 amide bonds. The number of hydroxylamine groups is 2. The molecule has 2 rings (SSSR count). The van der Waals surface area contributed by atoms with Crippen LogP contribution in [-0.2, 0) is 14.4 Å². The monoisotopic (exact) mass is 290 g/mol. The molecule has 1 aliphatic rings. The van der Waals surface area contributed by atoms with Crippen molar-refractivity contribution in [2.24, 2.45) is 5.92 Å². The van der Waals surface area contributed by atoms with Gasteiger partial charge in [0.1, 0.15) is 0 Å². The maximum atomic E-state index is 12.2. The maximum absolute atomic E-state index is 12.2. The molecule has 1 saturated heterocycles. The minimum Gasteiger partial charge on any atom is -0.312 e. The van der Waals surface area contributed by atoms with Crippen LogP contribution in [0.5, 0.6) is 0 Å². The van der Waals surface area contributed by atoms with Gasteiger partial charge in [0.15, 0.2) is 0 Å². The van der Waals surface area contributed by atoms with Crippen LogP contribution in [0, 0.1) is 5.92 Å². The van der Waals surface area contributed by atoms with E-state index < -0.39 is 0 Å². The standard InChI is InChI=1S/C16H22N2O3/c1-11(2)12-6-5-7-14(8-12)18-10-13(9-15(18)19)16(20)17(3)21-4/h5-8,11,13H,9-10H2,1-4H3/t13-/m0/s1. The number of rotatable bonds is 4. The Labute approximate surface area is 125 Å². The first-order valence-electron chi connectivity index (χ1n) is 7.16. The zero-order valence-corrected chi connectivity index (χ0v) is 13.0. The lowest BCUT2D eigenvalue weighted by atomic mass is 10.0. The Morgan fingerprint density at radius 2 is 2.14 bits per heavy atom. The van der Waals surface area contributed by atoms with E-state index in [0.717, 1.165) is 5.69 Å². The Balaban J connectivity index is 2.17. The van der Waals surface area contributed by atoms with Crippen LogP contribution in [0.15, 0.2) is 24.3 Å². The van der Waals surface area contributed by atoms with E-state index in [2.05, 4.69) is 19.9 Å². The largest absolute Gasteiger partial charge is 0.312 e. The van der Waals surface area contributed by atoms with Gasteiger partial charge in [-0.3, -0.25) is 14.4 Å². The summed E-state index contributed by atoms with van der Waals surface area (Å²) in [6.07, 6.45) is 0.235. The lowest BCUT2D eigenvalue weighted by Crippen LogP contribution is -2.34. The summed E-state index contributed by atoms with van der Waals surface area (Å²) in [7, 11) is 3.01. The van der Waals surface area contributed by atoms with Crippen molar-refractivity contribution >= 4 is 17.5 Å². The van der Waals surface area contributed by atoms with Crippen molar-refractivity contribution in [3.05, 3.63) is 29.8 Å². The van der Waals surface area contributed by atoms with E-state index in [4.69, 9.17) is 4.84 Å². The van der Waals surface area contributed by atoms with Gasteiger partial charge in [0.25, 0.3) is 5.91 Å². The van der Waals surface area contributed by atoms with E-state index in [1.54, 1.807) is 11.9 Å². The Hall–Kier alpha value is -1.88. The van der Waals surface area contributed by atoms with Crippen LogP contribution in [0.25, 0.3) is 0 Å². The number of amides is 2. The summed E-state index contributed by atoms with van der Waals surface area (Å²) in [5.74, 6) is -0.114. The molecule has 0 unspecified atom stereocenters. The van der Waals surface area contributed by atoms with Gasteiger partial charge >= 0.3 is 0 Å². The zero-order chi connectivity index (χ0) is 15.6. The van der Waals surface area contributed by atoms with E-state index in [9.17, 15) is 9.59 Å². The summed E-state index contributed by atoms with van der Waals surface area (Å²) in [6.45, 7) is 4.64. The van der Waals surface area contributed by atoms with Crippen molar-refractivity contribution in [1.29, 1.82) is 0 Å². The minimum absolute atomic E-state index is 0.0150. The van der Waals surface area contributed by atoms with Gasteiger partial charge in [0, 0.05) is 25.7 Å². The van der Waals surface area contributed by atoms with Crippen LogP contribution in [-0.4, -0.2) is 37.6 Å². The number of benzene rings is 1. The molecule has 5 nitrogen and oxygen atoms in total. The van der Waals surface area contributed by atoms with Crippen molar-refractivity contribution in [2.75, 3.05) is 25.6 Å². The van der Waals surface area contributed by atoms with Crippen molar-refractivity contribution in [1.82, 2.24) is 5.06 Å². The maximum Gasteiger partial charge on any atom is 0.251 e. The molecule has 0 saturated carbocycles. The van der Waals surface area contributed by atoms with Crippen LogP contribution in [0.1, 0.15) is 31.7 Å². The first-order valence-corrected chi connectivity index (χ1v) is 7.16. The molecular formula is C16H22N2O3. The molecule has 0 spiro atoms. The molecule has 1 heterocycles. The van der Waals surface area contributed by atoms with Crippen LogP contribution in [0.3, 0.4) is 0 Å². The molecule has 0 N–H and O–H groups in total. The lowest BCUT2D eigenvalue weighted by Gasteiger charge is -2.20. The van der Waals surface area contributed by atoms with Crippen LogP contribution in [0.4, 0.5) is 5.69 Å². The van der Waals surface area contributed by atoms with Crippen LogP contribution >= 0.6 is 0 Å². The zero-order valence-electron chi connectivity index (χ0n) is 13.0. The number of hydrogen-bond donors (Lipinski definition) is 0. The van der Waals surface area contributed by atoms with Crippen LogP contribution in [0.2, 0.25) is 0 Å². The number of carbonyl (C=O) groups excluding carboxylic acids is 2. The number of hydrogen-bond acceptors (Lipinski definition) is 3. The Kier molecular flexibility index (Phi) is 4.63. The summed E-state index contributed by atoms with van der Waals surface area (Å²) in [5.41, 5.74) is 2.05. The lowest BCUT2D eigenvalue weighted by molar-refractivity contribution is -0.172. The highest BCUT2D eigenvalue weighted by Gasteiger charge is 2.36. The minimum atomic E-state index is -0.342. The van der Waals surface area contributed by atoms with Crippen molar-refractivity contribution in [3.8, 4) is 0 Å². The first kappa shape index (κ1) is 15.5. The second-order valence-corrected chi connectivity index (χ2v) is 5.67. The van der Waals surface area contributed by atoms with E-state index in [-0.39, 0.29) is 24.2 Å². The molecule has 114 valence electrons. The fraction of sp³-hybridized carbons (Fsp3) is 0.500. The number of nitrogens with zero attached hydrogens (tertiary/aromatic N) is 2. The molecule has 0 radical (unpaired) electrons. The molecule has 5 heteroatoms. The van der Waals surface area contributed by atoms with Gasteiger partial charge in [-0.15, -0.1) is 0 Å². The van der Waals surface area contributed by atoms with E-state index >= 15 is 0 Å². The fourth-order valence-corrected chi connectivity index (χ4v) is 2.52. The highest BCUT2D eigenvalue weighted by atomic mass is 16.7. The highest BCUT2D eigenvalue weighted by Crippen LogP contribution is 2.28. The van der Waals surface area contributed by atoms with Crippen molar-refractivity contribution < 1.29 is 14.4 Å². The molecule has 1 aromatic rings. The molecular weight excluding hydrogens is 268 g/mol. The molecule has 0 aromatic heterocycles. The van der Waals surface area contributed by atoms with Gasteiger partial charge in [0.2, 0.25) is 5.91 Å². The van der Waals surface area contributed by atoms with Gasteiger partial charge in [-0.2, -0.15) is 0 Å². The predicted molar refractivity (Wildman–Crippen MR) is 80.8 cm³/mol. The average Bonchev–Trinajstić information content (AvgIpc) is 2.87. The smallest absolute Gasteiger partial charge is 0.251 e. The molecule has 1 fully saturated rings. The van der Waals surface area contributed by atoms with E-state index in [0.29, 0.717) is 12.5 Å². The number of carbonyl (C=O) groups is 2. The summed E-state index contributed by atoms with van der Waals surface area (Å²) >= 11 is 0. The van der Waals surface area contributed by atoms with E-state index in [1.165, 1.54) is 17.7 Å². The Morgan fingerprint density at radius 1 is 1.43 bits per heavy atom. The molecule has 1 atom stereocenters. The van der Waals surface area contributed by atoms with Gasteiger partial charge in [-0.05, 0) is 23.6 Å². The Bertz CT molecular complexity index is 542. The van der Waals surface area contributed by atoms with E-state index in [1.807, 2.05) is 18.2 Å². The molecule has 0 aliphatic carbocycles. The summed E-state index contributed by atoms with van der Waals surface area (Å²) in [4.78, 5) is 30.9. The quantitative estimate of drug-likeness (QED) is 0.799. The SMILES string of the molecule is CON(C)C(=O)[C@H]1CC(=O)N(c2cccc(C(C)C)c2)C1. The van der Waals surface area contributed by atoms with Crippen molar-refractivity contribution in [2.45, 2.75) is 26.2 Å². The van der Waals surface area contributed by atoms with Gasteiger partial charge in [0.05, 0.1) is 13.0 Å². The molecule has 21 heavy (non-hydrogen) atoms. The van der Waals surface area contributed by atoms with Gasteiger partial charge in [-0.1, -0.05) is 26.0 Å². The third-order valence-corrected chi connectivity index (χ3v) is 3.91. The Morgan fingerprint density at radius 3 is 2.76 bits per heavy atom. The topological polar surface area (TPSA) is 49.9 Å². The molecule has 0 bridgehead atoms. The summed E-state index contributed by atoms with van der Waals surface area (Å²) in [5, 5.41) is 1.19. The van der Waals surface area contributed by atoms with Gasteiger partial charge < -0.3 is 4.90 Å². The third-order valence-electron chi connectivity index (χ3n) is 3.91.